The number of pyridine rings is 1. The minimum Gasteiger partial charge on any atom is -0.496 e. The second kappa shape index (κ2) is 6.16. The van der Waals surface area contributed by atoms with Crippen LogP contribution in [-0.2, 0) is 6.42 Å². The van der Waals surface area contributed by atoms with Gasteiger partial charge in [-0.2, -0.15) is 0 Å². The highest BCUT2D eigenvalue weighted by Gasteiger charge is 2.14. The monoisotopic (exact) mass is 336 g/mol. The van der Waals surface area contributed by atoms with Crippen molar-refractivity contribution in [3.8, 4) is 16.9 Å². The van der Waals surface area contributed by atoms with Gasteiger partial charge >= 0.3 is 0 Å². The van der Waals surface area contributed by atoms with Crippen LogP contribution < -0.4 is 4.74 Å². The normalized spacial score (nSPS) is 11.1. The van der Waals surface area contributed by atoms with Gasteiger partial charge in [-0.25, -0.2) is 4.98 Å². The van der Waals surface area contributed by atoms with Crippen LogP contribution in [0.25, 0.3) is 16.8 Å². The topological polar surface area (TPSA) is 46.8 Å². The van der Waals surface area contributed by atoms with Crippen LogP contribution in [0, 0.1) is 0 Å². The number of fused-ring (bicyclic) bond motifs is 1. The van der Waals surface area contributed by atoms with Crippen LogP contribution in [-0.4, -0.2) is 28.2 Å². The number of halogens is 2. The van der Waals surface area contributed by atoms with E-state index >= 15 is 0 Å². The Morgan fingerprint density at radius 2 is 2.09 bits per heavy atom. The summed E-state index contributed by atoms with van der Waals surface area (Å²) < 4.78 is 7.29. The zero-order valence-electron chi connectivity index (χ0n) is 11.9. The van der Waals surface area contributed by atoms with Crippen molar-refractivity contribution >= 4 is 28.8 Å². The Labute approximate surface area is 137 Å². The van der Waals surface area contributed by atoms with E-state index in [9.17, 15) is 0 Å². The lowest BCUT2D eigenvalue weighted by atomic mass is 10.1. The van der Waals surface area contributed by atoms with Crippen molar-refractivity contribution in [2.75, 3.05) is 13.7 Å². The van der Waals surface area contributed by atoms with Crippen molar-refractivity contribution in [1.82, 2.24) is 9.38 Å². The maximum Gasteiger partial charge on any atom is 0.137 e. The van der Waals surface area contributed by atoms with Crippen LogP contribution in [0.1, 0.15) is 5.69 Å². The van der Waals surface area contributed by atoms with Crippen molar-refractivity contribution in [1.29, 1.82) is 0 Å². The molecular formula is C16H14Cl2N2O2. The van der Waals surface area contributed by atoms with Gasteiger partial charge in [0, 0.05) is 31.0 Å². The van der Waals surface area contributed by atoms with Gasteiger partial charge in [0.25, 0.3) is 0 Å². The fourth-order valence-electron chi connectivity index (χ4n) is 2.40. The van der Waals surface area contributed by atoms with E-state index in [1.165, 1.54) is 0 Å². The Kier molecular flexibility index (Phi) is 4.25. The lowest BCUT2D eigenvalue weighted by Crippen LogP contribution is -1.91. The highest BCUT2D eigenvalue weighted by atomic mass is 35.5. The molecule has 3 aromatic rings. The summed E-state index contributed by atoms with van der Waals surface area (Å²) in [4.78, 5) is 4.48. The first-order valence-corrected chi connectivity index (χ1v) is 7.50. The first kappa shape index (κ1) is 15.2. The Morgan fingerprint density at radius 3 is 2.82 bits per heavy atom. The molecule has 1 aromatic carbocycles. The van der Waals surface area contributed by atoms with Gasteiger partial charge in [-0.3, -0.25) is 0 Å². The molecule has 3 rings (SSSR count). The summed E-state index contributed by atoms with van der Waals surface area (Å²) in [6.07, 6.45) is 4.32. The summed E-state index contributed by atoms with van der Waals surface area (Å²) in [5, 5.41) is 9.94. The molecule has 6 heteroatoms. The number of aliphatic hydroxyl groups excluding tert-OH is 1. The van der Waals surface area contributed by atoms with E-state index in [1.807, 2.05) is 28.9 Å². The zero-order chi connectivity index (χ0) is 15.7. The van der Waals surface area contributed by atoms with E-state index in [2.05, 4.69) is 4.98 Å². The Bertz CT molecular complexity index is 830. The summed E-state index contributed by atoms with van der Waals surface area (Å²) in [6, 6.07) is 7.34. The van der Waals surface area contributed by atoms with Crippen LogP contribution in [0.3, 0.4) is 0 Å². The smallest absolute Gasteiger partial charge is 0.137 e. The Morgan fingerprint density at radius 1 is 1.27 bits per heavy atom. The predicted octanol–water partition coefficient (Wildman–Crippen LogP) is 3.85. The zero-order valence-corrected chi connectivity index (χ0v) is 13.4. The van der Waals surface area contributed by atoms with E-state index in [0.29, 0.717) is 22.2 Å². The van der Waals surface area contributed by atoms with Gasteiger partial charge < -0.3 is 14.2 Å². The van der Waals surface area contributed by atoms with E-state index in [4.69, 9.17) is 33.0 Å². The standard InChI is InChI=1S/C16H14Cl2N2O2/c1-22-13-3-2-12(17)16(18)15(13)10-4-6-20-9-11(5-7-21)19-14(20)8-10/h2-4,6,8-9,21H,5,7H2,1H3. The van der Waals surface area contributed by atoms with Crippen LogP contribution in [0.2, 0.25) is 10.0 Å². The van der Waals surface area contributed by atoms with E-state index in [0.717, 1.165) is 22.5 Å². The number of ether oxygens (including phenoxy) is 1. The summed E-state index contributed by atoms with van der Waals surface area (Å²) in [6.45, 7) is 0.0741. The molecule has 0 aliphatic carbocycles. The summed E-state index contributed by atoms with van der Waals surface area (Å²) in [5.41, 5.74) is 3.23. The molecule has 0 spiro atoms. The minimum atomic E-state index is 0.0741. The van der Waals surface area contributed by atoms with Gasteiger partial charge in [0.1, 0.15) is 11.4 Å². The van der Waals surface area contributed by atoms with Crippen molar-refractivity contribution in [3.63, 3.8) is 0 Å². The average molecular weight is 337 g/mol. The fraction of sp³-hybridized carbons (Fsp3) is 0.188. The number of imidazole rings is 1. The first-order chi connectivity index (χ1) is 10.6. The quantitative estimate of drug-likeness (QED) is 0.787. The number of aliphatic hydroxyl groups is 1. The molecule has 0 radical (unpaired) electrons. The lowest BCUT2D eigenvalue weighted by molar-refractivity contribution is 0.298. The molecule has 0 aliphatic rings. The molecule has 1 N–H and O–H groups in total. The summed E-state index contributed by atoms with van der Waals surface area (Å²) >= 11 is 12.5. The van der Waals surface area contributed by atoms with Gasteiger partial charge in [-0.15, -0.1) is 0 Å². The number of nitrogens with zero attached hydrogens (tertiary/aromatic N) is 2. The molecule has 2 heterocycles. The van der Waals surface area contributed by atoms with Crippen molar-refractivity contribution in [3.05, 3.63) is 52.4 Å². The molecule has 0 atom stereocenters. The molecule has 22 heavy (non-hydrogen) atoms. The molecule has 0 amide bonds. The van der Waals surface area contributed by atoms with E-state index in [1.54, 1.807) is 19.2 Å². The first-order valence-electron chi connectivity index (χ1n) is 6.75. The van der Waals surface area contributed by atoms with Crippen molar-refractivity contribution in [2.24, 2.45) is 0 Å². The summed E-state index contributed by atoms with van der Waals surface area (Å²) in [5.74, 6) is 0.654. The maximum absolute atomic E-state index is 9.01. The van der Waals surface area contributed by atoms with Crippen LogP contribution >= 0.6 is 23.2 Å². The lowest BCUT2D eigenvalue weighted by Gasteiger charge is -2.12. The Balaban J connectivity index is 2.16. The predicted molar refractivity (Wildman–Crippen MR) is 88.0 cm³/mol. The molecule has 0 aliphatic heterocycles. The molecule has 0 saturated heterocycles. The molecule has 0 fully saturated rings. The van der Waals surface area contributed by atoms with Gasteiger partial charge in [-0.1, -0.05) is 23.2 Å². The molecular weight excluding hydrogens is 323 g/mol. The number of benzene rings is 1. The molecule has 0 bridgehead atoms. The minimum absolute atomic E-state index is 0.0741. The van der Waals surface area contributed by atoms with Crippen molar-refractivity contribution in [2.45, 2.75) is 6.42 Å². The van der Waals surface area contributed by atoms with Gasteiger partial charge in [0.15, 0.2) is 0 Å². The second-order valence-corrected chi connectivity index (χ2v) is 5.61. The molecule has 2 aromatic heterocycles. The SMILES string of the molecule is COc1ccc(Cl)c(Cl)c1-c1ccn2cc(CCO)nc2c1. The third-order valence-corrected chi connectivity index (χ3v) is 4.25. The van der Waals surface area contributed by atoms with Crippen molar-refractivity contribution < 1.29 is 9.84 Å². The average Bonchev–Trinajstić information content (AvgIpc) is 2.91. The third-order valence-electron chi connectivity index (χ3n) is 3.44. The third kappa shape index (κ3) is 2.65. The summed E-state index contributed by atoms with van der Waals surface area (Å²) in [7, 11) is 1.59. The number of hydrogen-bond donors (Lipinski definition) is 1. The highest BCUT2D eigenvalue weighted by Crippen LogP contribution is 2.40. The largest absolute Gasteiger partial charge is 0.496 e. The van der Waals surface area contributed by atoms with Gasteiger partial charge in [0.05, 0.1) is 22.8 Å². The van der Waals surface area contributed by atoms with Crippen LogP contribution in [0.4, 0.5) is 0 Å². The number of rotatable bonds is 4. The molecule has 114 valence electrons. The molecule has 4 nitrogen and oxygen atoms in total. The maximum atomic E-state index is 9.01. The van der Waals surface area contributed by atoms with Crippen LogP contribution in [0.5, 0.6) is 5.75 Å². The fourth-order valence-corrected chi connectivity index (χ4v) is 2.82. The van der Waals surface area contributed by atoms with E-state index < -0.39 is 0 Å². The molecule has 0 saturated carbocycles. The van der Waals surface area contributed by atoms with Crippen LogP contribution in [0.15, 0.2) is 36.7 Å². The number of aromatic nitrogens is 2. The Hall–Kier alpha value is -1.75. The van der Waals surface area contributed by atoms with E-state index in [-0.39, 0.29) is 6.61 Å². The number of methoxy groups -OCH3 is 1. The highest BCUT2D eigenvalue weighted by molar-refractivity contribution is 6.44. The van der Waals surface area contributed by atoms with Gasteiger partial charge in [0.2, 0.25) is 0 Å². The second-order valence-electron chi connectivity index (χ2n) is 4.83. The number of hydrogen-bond acceptors (Lipinski definition) is 3. The van der Waals surface area contributed by atoms with Gasteiger partial charge in [-0.05, 0) is 29.8 Å². The molecule has 0 unspecified atom stereocenters.